The van der Waals surface area contributed by atoms with Gasteiger partial charge in [-0.25, -0.2) is 13.1 Å². The van der Waals surface area contributed by atoms with Gasteiger partial charge in [-0.2, -0.15) is 0 Å². The quantitative estimate of drug-likeness (QED) is 0.627. The number of nitrogens with one attached hydrogen (secondary N) is 2. The molecule has 0 saturated carbocycles. The molecule has 0 spiro atoms. The van der Waals surface area contributed by atoms with E-state index in [1.807, 2.05) is 0 Å². The number of ether oxygens (including phenoxy) is 1. The number of amides is 2. The second kappa shape index (κ2) is 8.65. The number of nitrogens with two attached hydrogens (primary N) is 1. The summed E-state index contributed by atoms with van der Waals surface area (Å²) in [5.41, 5.74) is 6.33. The van der Waals surface area contributed by atoms with Gasteiger partial charge in [0.2, 0.25) is 10.0 Å². The van der Waals surface area contributed by atoms with Crippen molar-refractivity contribution >= 4 is 27.5 Å². The molecule has 0 heterocycles. The van der Waals surface area contributed by atoms with Crippen LogP contribution in [0.15, 0.2) is 47.4 Å². The van der Waals surface area contributed by atoms with Crippen LogP contribution >= 0.6 is 0 Å². The summed E-state index contributed by atoms with van der Waals surface area (Å²) in [6.07, 6.45) is 0. The van der Waals surface area contributed by atoms with Gasteiger partial charge in [-0.15, -0.1) is 0 Å². The van der Waals surface area contributed by atoms with Crippen LogP contribution in [0, 0.1) is 6.92 Å². The second-order valence-corrected chi connectivity index (χ2v) is 7.48. The molecule has 0 unspecified atom stereocenters. The molecule has 0 saturated heterocycles. The van der Waals surface area contributed by atoms with E-state index in [1.54, 1.807) is 38.1 Å². The van der Waals surface area contributed by atoms with E-state index in [1.165, 1.54) is 18.2 Å². The van der Waals surface area contributed by atoms with Gasteiger partial charge in [0.05, 0.1) is 4.90 Å². The first-order chi connectivity index (χ1) is 12.7. The van der Waals surface area contributed by atoms with Gasteiger partial charge in [-0.1, -0.05) is 19.1 Å². The molecule has 2 aromatic rings. The van der Waals surface area contributed by atoms with Crippen LogP contribution < -0.4 is 20.5 Å². The average molecular weight is 391 g/mol. The molecule has 0 fully saturated rings. The maximum atomic E-state index is 12.6. The largest absolute Gasteiger partial charge is 0.484 e. The predicted octanol–water partition coefficient (Wildman–Crippen LogP) is 1.41. The highest BCUT2D eigenvalue weighted by atomic mass is 32.2. The minimum Gasteiger partial charge on any atom is -0.484 e. The first kappa shape index (κ1) is 20.4. The third-order valence-electron chi connectivity index (χ3n) is 3.57. The molecule has 144 valence electrons. The van der Waals surface area contributed by atoms with Crippen molar-refractivity contribution in [1.29, 1.82) is 0 Å². The fraction of sp³-hybridized carbons (Fsp3) is 0.222. The maximum Gasteiger partial charge on any atom is 0.255 e. The van der Waals surface area contributed by atoms with E-state index in [9.17, 15) is 18.0 Å². The van der Waals surface area contributed by atoms with Crippen LogP contribution in [0.2, 0.25) is 0 Å². The average Bonchev–Trinajstić information content (AvgIpc) is 2.60. The Balaban J connectivity index is 2.23. The van der Waals surface area contributed by atoms with Gasteiger partial charge in [0.25, 0.3) is 11.8 Å². The number of anilines is 1. The molecule has 0 aromatic heterocycles. The van der Waals surface area contributed by atoms with Crippen LogP contribution in [0.25, 0.3) is 0 Å². The van der Waals surface area contributed by atoms with E-state index in [4.69, 9.17) is 10.5 Å². The van der Waals surface area contributed by atoms with E-state index < -0.39 is 21.8 Å². The molecular formula is C18H21N3O5S. The highest BCUT2D eigenvalue weighted by molar-refractivity contribution is 7.89. The Morgan fingerprint density at radius 1 is 1.15 bits per heavy atom. The molecule has 9 heteroatoms. The molecule has 2 amide bonds. The van der Waals surface area contributed by atoms with Gasteiger partial charge in [0.1, 0.15) is 5.75 Å². The lowest BCUT2D eigenvalue weighted by atomic mass is 10.1. The summed E-state index contributed by atoms with van der Waals surface area (Å²) in [5.74, 6) is -0.710. The van der Waals surface area contributed by atoms with Gasteiger partial charge < -0.3 is 15.8 Å². The van der Waals surface area contributed by atoms with Gasteiger partial charge in [-0.05, 0) is 36.8 Å². The van der Waals surface area contributed by atoms with E-state index in [0.717, 1.165) is 0 Å². The highest BCUT2D eigenvalue weighted by Gasteiger charge is 2.17. The molecular weight excluding hydrogens is 370 g/mol. The van der Waals surface area contributed by atoms with Crippen molar-refractivity contribution in [3.63, 3.8) is 0 Å². The van der Waals surface area contributed by atoms with Crippen molar-refractivity contribution in [3.8, 4) is 5.75 Å². The number of sulfonamides is 1. The van der Waals surface area contributed by atoms with E-state index in [2.05, 4.69) is 10.0 Å². The molecule has 0 aliphatic carbocycles. The molecule has 0 aliphatic rings. The fourth-order valence-electron chi connectivity index (χ4n) is 2.30. The first-order valence-electron chi connectivity index (χ1n) is 8.15. The smallest absolute Gasteiger partial charge is 0.255 e. The third-order valence-corrected chi connectivity index (χ3v) is 5.11. The van der Waals surface area contributed by atoms with Crippen molar-refractivity contribution in [1.82, 2.24) is 4.72 Å². The van der Waals surface area contributed by atoms with Gasteiger partial charge in [0, 0.05) is 23.9 Å². The molecule has 2 rings (SSSR count). The summed E-state index contributed by atoms with van der Waals surface area (Å²) in [4.78, 5) is 23.4. The number of aryl methyl sites for hydroxylation is 1. The maximum absolute atomic E-state index is 12.6. The number of rotatable bonds is 8. The Kier molecular flexibility index (Phi) is 6.54. The Hall–Kier alpha value is -2.91. The van der Waals surface area contributed by atoms with E-state index in [0.29, 0.717) is 17.0 Å². The standard InChI is InChI=1S/C18H21N3O5S/c1-3-20-27(24,25)15-8-7-12(2)16(10-15)18(23)21-13-5-4-6-14(9-13)26-11-17(19)22/h4-10,20H,3,11H2,1-2H3,(H2,19,22)(H,21,23). The van der Waals surface area contributed by atoms with E-state index in [-0.39, 0.29) is 23.6 Å². The topological polar surface area (TPSA) is 128 Å². The van der Waals surface area contributed by atoms with Crippen LogP contribution in [0.3, 0.4) is 0 Å². The molecule has 27 heavy (non-hydrogen) atoms. The molecule has 0 atom stereocenters. The van der Waals surface area contributed by atoms with Crippen LogP contribution in [0.4, 0.5) is 5.69 Å². The Morgan fingerprint density at radius 2 is 1.89 bits per heavy atom. The van der Waals surface area contributed by atoms with Crippen molar-refractivity contribution in [3.05, 3.63) is 53.6 Å². The lowest BCUT2D eigenvalue weighted by Gasteiger charge is -2.11. The zero-order chi connectivity index (χ0) is 20.0. The third kappa shape index (κ3) is 5.53. The molecule has 0 radical (unpaired) electrons. The summed E-state index contributed by atoms with van der Waals surface area (Å²) in [7, 11) is -3.67. The normalized spacial score (nSPS) is 11.0. The fourth-order valence-corrected chi connectivity index (χ4v) is 3.37. The number of carbonyl (C=O) groups is 2. The highest BCUT2D eigenvalue weighted by Crippen LogP contribution is 2.20. The lowest BCUT2D eigenvalue weighted by Crippen LogP contribution is -2.24. The zero-order valence-corrected chi connectivity index (χ0v) is 15.8. The summed E-state index contributed by atoms with van der Waals surface area (Å²) < 4.78 is 31.9. The monoisotopic (exact) mass is 391 g/mol. The van der Waals surface area contributed by atoms with Gasteiger partial charge in [-0.3, -0.25) is 9.59 Å². The van der Waals surface area contributed by atoms with Crippen molar-refractivity contribution in [2.75, 3.05) is 18.5 Å². The number of hydrogen-bond acceptors (Lipinski definition) is 5. The SMILES string of the molecule is CCNS(=O)(=O)c1ccc(C)c(C(=O)Nc2cccc(OCC(N)=O)c2)c1. The van der Waals surface area contributed by atoms with Crippen LogP contribution in [-0.4, -0.2) is 33.4 Å². The first-order valence-corrected chi connectivity index (χ1v) is 9.64. The Labute approximate surface area is 157 Å². The Bertz CT molecular complexity index is 957. The molecule has 8 nitrogen and oxygen atoms in total. The van der Waals surface area contributed by atoms with Crippen molar-refractivity contribution in [2.45, 2.75) is 18.7 Å². The van der Waals surface area contributed by atoms with E-state index >= 15 is 0 Å². The predicted molar refractivity (Wildman–Crippen MR) is 101 cm³/mol. The number of carbonyl (C=O) groups excluding carboxylic acids is 2. The van der Waals surface area contributed by atoms with Crippen LogP contribution in [-0.2, 0) is 14.8 Å². The lowest BCUT2D eigenvalue weighted by molar-refractivity contribution is -0.119. The van der Waals surface area contributed by atoms with Gasteiger partial charge >= 0.3 is 0 Å². The van der Waals surface area contributed by atoms with Crippen LogP contribution in [0.1, 0.15) is 22.8 Å². The Morgan fingerprint density at radius 3 is 2.56 bits per heavy atom. The summed E-state index contributed by atoms with van der Waals surface area (Å²) in [5, 5.41) is 2.69. The summed E-state index contributed by atoms with van der Waals surface area (Å²) in [6, 6.07) is 10.8. The number of hydrogen-bond donors (Lipinski definition) is 3. The minimum absolute atomic E-state index is 0.0126. The zero-order valence-electron chi connectivity index (χ0n) is 15.0. The number of primary amides is 1. The van der Waals surface area contributed by atoms with Crippen molar-refractivity contribution < 1.29 is 22.7 Å². The molecule has 0 bridgehead atoms. The van der Waals surface area contributed by atoms with Crippen molar-refractivity contribution in [2.24, 2.45) is 5.73 Å². The van der Waals surface area contributed by atoms with Crippen LogP contribution in [0.5, 0.6) is 5.75 Å². The second-order valence-electron chi connectivity index (χ2n) is 5.71. The minimum atomic E-state index is -3.67. The van der Waals surface area contributed by atoms with Gasteiger partial charge in [0.15, 0.2) is 6.61 Å². The summed E-state index contributed by atoms with van der Waals surface area (Å²) in [6.45, 7) is 3.36. The summed E-state index contributed by atoms with van der Waals surface area (Å²) >= 11 is 0. The molecule has 4 N–H and O–H groups in total. The number of benzene rings is 2. The molecule has 0 aliphatic heterocycles. The molecule has 2 aromatic carbocycles.